The number of nitrogens with one attached hydrogen (secondary N) is 2. The molecule has 0 saturated carbocycles. The van der Waals surface area contributed by atoms with E-state index in [-0.39, 0.29) is 11.5 Å². The second-order valence-corrected chi connectivity index (χ2v) is 8.10. The number of para-hydroxylation sites is 2. The molecule has 2 aromatic heterocycles. The van der Waals surface area contributed by atoms with Crippen molar-refractivity contribution in [1.82, 2.24) is 14.8 Å². The van der Waals surface area contributed by atoms with Gasteiger partial charge in [0.25, 0.3) is 11.8 Å². The van der Waals surface area contributed by atoms with Gasteiger partial charge < -0.3 is 20.1 Å². The molecule has 2 N–H and O–H groups in total. The van der Waals surface area contributed by atoms with Crippen molar-refractivity contribution in [1.29, 1.82) is 0 Å². The van der Waals surface area contributed by atoms with E-state index < -0.39 is 18.5 Å². The Labute approximate surface area is 213 Å². The molecule has 0 spiro atoms. The Balaban J connectivity index is 1.28. The summed E-state index contributed by atoms with van der Waals surface area (Å²) in [5, 5.41) is 9.76. The highest BCUT2D eigenvalue weighted by atomic mass is 16.5. The molecule has 10 heteroatoms. The number of esters is 1. The molecular formula is C27H25N5O5. The van der Waals surface area contributed by atoms with Gasteiger partial charge in [-0.05, 0) is 68.4 Å². The number of aromatic nitrogens is 3. The third-order valence-corrected chi connectivity index (χ3v) is 5.33. The third-order valence-electron chi connectivity index (χ3n) is 5.33. The molecule has 0 aliphatic carbocycles. The highest BCUT2D eigenvalue weighted by molar-refractivity contribution is 6.05. The maximum absolute atomic E-state index is 12.5. The van der Waals surface area contributed by atoms with Gasteiger partial charge in [0.05, 0.1) is 24.1 Å². The van der Waals surface area contributed by atoms with E-state index in [0.29, 0.717) is 28.5 Å². The summed E-state index contributed by atoms with van der Waals surface area (Å²) in [6.07, 6.45) is 1.38. The third kappa shape index (κ3) is 6.17. The van der Waals surface area contributed by atoms with Crippen LogP contribution in [0, 0.1) is 13.8 Å². The summed E-state index contributed by atoms with van der Waals surface area (Å²) >= 11 is 0. The van der Waals surface area contributed by atoms with Crippen LogP contribution < -0.4 is 15.4 Å². The number of aryl methyl sites for hydroxylation is 2. The number of hydrogen-bond acceptors (Lipinski definition) is 7. The number of carbonyl (C=O) groups excluding carboxylic acids is 3. The summed E-state index contributed by atoms with van der Waals surface area (Å²) < 4.78 is 12.0. The molecule has 0 aliphatic heterocycles. The van der Waals surface area contributed by atoms with Crippen molar-refractivity contribution in [3.8, 4) is 11.6 Å². The molecule has 0 unspecified atom stereocenters. The maximum Gasteiger partial charge on any atom is 0.340 e. The van der Waals surface area contributed by atoms with Crippen molar-refractivity contribution < 1.29 is 23.9 Å². The van der Waals surface area contributed by atoms with E-state index in [2.05, 4.69) is 20.7 Å². The van der Waals surface area contributed by atoms with Gasteiger partial charge in [-0.1, -0.05) is 12.1 Å². The van der Waals surface area contributed by atoms with Crippen LogP contribution in [0.15, 0.2) is 72.9 Å². The predicted octanol–water partition coefficient (Wildman–Crippen LogP) is 3.94. The molecule has 10 nitrogen and oxygen atoms in total. The van der Waals surface area contributed by atoms with Crippen molar-refractivity contribution >= 4 is 29.2 Å². The second-order valence-electron chi connectivity index (χ2n) is 8.10. The first-order valence-electron chi connectivity index (χ1n) is 11.3. The molecule has 0 saturated heterocycles. The van der Waals surface area contributed by atoms with E-state index >= 15 is 0 Å². The molecule has 2 heterocycles. The molecule has 2 amide bonds. The molecule has 2 aromatic carbocycles. The summed E-state index contributed by atoms with van der Waals surface area (Å²) in [5.41, 5.74) is 3.38. The molecule has 0 radical (unpaired) electrons. The zero-order valence-electron chi connectivity index (χ0n) is 20.5. The molecule has 37 heavy (non-hydrogen) atoms. The second kappa shape index (κ2) is 11.2. The first-order valence-corrected chi connectivity index (χ1v) is 11.3. The van der Waals surface area contributed by atoms with Gasteiger partial charge in [-0.25, -0.2) is 14.5 Å². The smallest absolute Gasteiger partial charge is 0.340 e. The van der Waals surface area contributed by atoms with Gasteiger partial charge in [0, 0.05) is 23.1 Å². The summed E-state index contributed by atoms with van der Waals surface area (Å²) in [6, 6.07) is 18.5. The molecule has 0 fully saturated rings. The van der Waals surface area contributed by atoms with Gasteiger partial charge in [0.2, 0.25) is 0 Å². The van der Waals surface area contributed by atoms with Gasteiger partial charge in [-0.15, -0.1) is 0 Å². The summed E-state index contributed by atoms with van der Waals surface area (Å²) in [5.74, 6) is -0.407. The fourth-order valence-electron chi connectivity index (χ4n) is 3.55. The van der Waals surface area contributed by atoms with Crippen LogP contribution in [0.4, 0.5) is 11.4 Å². The lowest BCUT2D eigenvalue weighted by Crippen LogP contribution is -2.21. The lowest BCUT2D eigenvalue weighted by molar-refractivity contribution is -0.119. The molecule has 0 aliphatic rings. The van der Waals surface area contributed by atoms with E-state index in [0.717, 1.165) is 11.4 Å². The number of ether oxygens (including phenoxy) is 2. The Hall–Kier alpha value is -4.99. The Morgan fingerprint density at radius 3 is 2.30 bits per heavy atom. The lowest BCUT2D eigenvalue weighted by Gasteiger charge is -2.10. The zero-order valence-corrected chi connectivity index (χ0v) is 20.5. The normalized spacial score (nSPS) is 10.5. The van der Waals surface area contributed by atoms with Gasteiger partial charge in [0.15, 0.2) is 12.4 Å². The van der Waals surface area contributed by atoms with Gasteiger partial charge >= 0.3 is 5.97 Å². The lowest BCUT2D eigenvalue weighted by atomic mass is 10.2. The van der Waals surface area contributed by atoms with Crippen LogP contribution in [0.25, 0.3) is 5.82 Å². The van der Waals surface area contributed by atoms with Crippen molar-refractivity contribution in [3.05, 3.63) is 95.4 Å². The average Bonchev–Trinajstić information content (AvgIpc) is 3.25. The number of nitrogens with zero attached hydrogens (tertiary/aromatic N) is 3. The summed E-state index contributed by atoms with van der Waals surface area (Å²) in [7, 11) is 1.52. The standard InChI is InChI=1S/C27H25N5O5/c1-17-14-18(2)32(31-17)24-13-10-20(15-28-24)27(35)37-16-25(33)29-21-11-8-19(9-12-21)26(34)30-22-6-4-5-7-23(22)36-3/h4-15H,16H2,1-3H3,(H,29,33)(H,30,34). The van der Waals surface area contributed by atoms with Crippen LogP contribution in [-0.2, 0) is 9.53 Å². The Morgan fingerprint density at radius 1 is 0.919 bits per heavy atom. The van der Waals surface area contributed by atoms with Crippen molar-refractivity contribution in [2.45, 2.75) is 13.8 Å². The minimum Gasteiger partial charge on any atom is -0.495 e. The van der Waals surface area contributed by atoms with E-state index in [1.807, 2.05) is 19.9 Å². The quantitative estimate of drug-likeness (QED) is 0.352. The zero-order chi connectivity index (χ0) is 26.4. The first-order chi connectivity index (χ1) is 17.8. The van der Waals surface area contributed by atoms with Crippen LogP contribution in [0.3, 0.4) is 0 Å². The minimum absolute atomic E-state index is 0.212. The largest absolute Gasteiger partial charge is 0.495 e. The molecule has 188 valence electrons. The highest BCUT2D eigenvalue weighted by Crippen LogP contribution is 2.24. The number of amides is 2. The Morgan fingerprint density at radius 2 is 1.65 bits per heavy atom. The van der Waals surface area contributed by atoms with Gasteiger partial charge in [-0.3, -0.25) is 9.59 Å². The first kappa shape index (κ1) is 25.1. The number of hydrogen-bond donors (Lipinski definition) is 2. The number of anilines is 2. The van der Waals surface area contributed by atoms with Crippen LogP contribution in [0.1, 0.15) is 32.1 Å². The Kier molecular flexibility index (Phi) is 7.58. The van der Waals surface area contributed by atoms with Crippen LogP contribution >= 0.6 is 0 Å². The monoisotopic (exact) mass is 499 g/mol. The fourth-order valence-corrected chi connectivity index (χ4v) is 3.55. The topological polar surface area (TPSA) is 124 Å². The van der Waals surface area contributed by atoms with E-state index in [1.165, 1.54) is 13.3 Å². The fraction of sp³-hybridized carbons (Fsp3) is 0.148. The van der Waals surface area contributed by atoms with E-state index in [1.54, 1.807) is 65.3 Å². The predicted molar refractivity (Wildman–Crippen MR) is 137 cm³/mol. The SMILES string of the molecule is COc1ccccc1NC(=O)c1ccc(NC(=O)COC(=O)c2ccc(-n3nc(C)cc3C)nc2)cc1. The summed E-state index contributed by atoms with van der Waals surface area (Å²) in [4.78, 5) is 41.3. The molecule has 4 aromatic rings. The van der Waals surface area contributed by atoms with E-state index in [4.69, 9.17) is 9.47 Å². The summed E-state index contributed by atoms with van der Waals surface area (Å²) in [6.45, 7) is 3.32. The van der Waals surface area contributed by atoms with Crippen molar-refractivity contribution in [2.75, 3.05) is 24.4 Å². The van der Waals surface area contributed by atoms with E-state index in [9.17, 15) is 14.4 Å². The molecule has 4 rings (SSSR count). The highest BCUT2D eigenvalue weighted by Gasteiger charge is 2.13. The Bertz CT molecular complexity index is 1430. The van der Waals surface area contributed by atoms with Crippen LogP contribution in [-0.4, -0.2) is 46.3 Å². The number of methoxy groups -OCH3 is 1. The van der Waals surface area contributed by atoms with Crippen LogP contribution in [0.2, 0.25) is 0 Å². The average molecular weight is 500 g/mol. The number of carbonyl (C=O) groups is 3. The molecule has 0 bridgehead atoms. The van der Waals surface area contributed by atoms with Gasteiger partial charge in [-0.2, -0.15) is 5.10 Å². The number of pyridine rings is 1. The number of rotatable bonds is 8. The van der Waals surface area contributed by atoms with Crippen LogP contribution in [0.5, 0.6) is 5.75 Å². The van der Waals surface area contributed by atoms with Crippen molar-refractivity contribution in [2.24, 2.45) is 0 Å². The molecule has 0 atom stereocenters. The minimum atomic E-state index is -0.675. The maximum atomic E-state index is 12.5. The molecular weight excluding hydrogens is 474 g/mol. The number of benzene rings is 2. The van der Waals surface area contributed by atoms with Crippen molar-refractivity contribution in [3.63, 3.8) is 0 Å². The van der Waals surface area contributed by atoms with Gasteiger partial charge in [0.1, 0.15) is 5.75 Å².